The Morgan fingerprint density at radius 2 is 1.91 bits per heavy atom. The van der Waals surface area contributed by atoms with E-state index in [1.807, 2.05) is 20.9 Å². The summed E-state index contributed by atoms with van der Waals surface area (Å²) in [7, 11) is 1.83. The van der Waals surface area contributed by atoms with Crippen molar-refractivity contribution in [1.82, 2.24) is 14.3 Å². The summed E-state index contributed by atoms with van der Waals surface area (Å²) in [6, 6.07) is 5.00. The smallest absolute Gasteiger partial charge is 0.387 e. The second-order valence-electron chi connectivity index (χ2n) is 7.96. The summed E-state index contributed by atoms with van der Waals surface area (Å²) in [5.41, 5.74) is 3.36. The molecule has 0 radical (unpaired) electrons. The first kappa shape index (κ1) is 24.5. The van der Waals surface area contributed by atoms with Gasteiger partial charge < -0.3 is 9.47 Å². The van der Waals surface area contributed by atoms with Crippen molar-refractivity contribution in [3.63, 3.8) is 0 Å². The third-order valence-corrected chi connectivity index (χ3v) is 6.76. The maximum Gasteiger partial charge on any atom is 0.387 e. The lowest BCUT2D eigenvalue weighted by Gasteiger charge is -2.24. The van der Waals surface area contributed by atoms with E-state index in [2.05, 4.69) is 14.8 Å². The number of hydrogen-bond acceptors (Lipinski definition) is 7. The lowest BCUT2D eigenvalue weighted by molar-refractivity contribution is -0.139. The molecule has 0 unspecified atom stereocenters. The van der Waals surface area contributed by atoms with Gasteiger partial charge >= 0.3 is 12.6 Å². The Hall–Kier alpha value is -3.60. The molecule has 0 spiro atoms. The molecule has 4 rings (SSSR count). The molecule has 11 heteroatoms. The molecule has 0 saturated heterocycles. The Balaban J connectivity index is 1.93. The quantitative estimate of drug-likeness (QED) is 0.484. The van der Waals surface area contributed by atoms with Crippen LogP contribution in [-0.2, 0) is 16.6 Å². The summed E-state index contributed by atoms with van der Waals surface area (Å²) in [5, 5.41) is 4.40. The maximum absolute atomic E-state index is 13.6. The van der Waals surface area contributed by atoms with Crippen LogP contribution in [0.1, 0.15) is 42.4 Å². The van der Waals surface area contributed by atoms with Crippen LogP contribution in [0.2, 0.25) is 0 Å². The number of benzene rings is 1. The first-order valence-electron chi connectivity index (χ1n) is 10.9. The van der Waals surface area contributed by atoms with Crippen LogP contribution in [0.15, 0.2) is 45.3 Å². The lowest BCUT2D eigenvalue weighted by atomic mass is 9.96. The number of aryl methyl sites for hydroxylation is 2. The molecule has 0 saturated carbocycles. The van der Waals surface area contributed by atoms with E-state index >= 15 is 0 Å². The fraction of sp³-hybridized carbons (Fsp3) is 0.333. The van der Waals surface area contributed by atoms with Crippen molar-refractivity contribution >= 4 is 23.4 Å². The number of carbonyl (C=O) groups excluding carboxylic acids is 1. The Kier molecular flexibility index (Phi) is 6.70. The maximum atomic E-state index is 13.6. The van der Waals surface area contributed by atoms with E-state index in [0.29, 0.717) is 20.6 Å². The molecule has 0 N–H and O–H groups in total. The van der Waals surface area contributed by atoms with Crippen molar-refractivity contribution in [2.75, 3.05) is 6.61 Å². The Labute approximate surface area is 203 Å². The topological polar surface area (TPSA) is 87.7 Å². The van der Waals surface area contributed by atoms with Gasteiger partial charge in [0.05, 0.1) is 34.1 Å². The van der Waals surface area contributed by atoms with E-state index in [-0.39, 0.29) is 23.5 Å². The van der Waals surface area contributed by atoms with Gasteiger partial charge in [0.25, 0.3) is 5.56 Å². The highest BCUT2D eigenvalue weighted by Gasteiger charge is 2.33. The van der Waals surface area contributed by atoms with Crippen LogP contribution in [0.25, 0.3) is 6.08 Å². The van der Waals surface area contributed by atoms with Gasteiger partial charge in [0.2, 0.25) is 0 Å². The average molecular weight is 503 g/mol. The number of fused-ring (bicyclic) bond motifs is 1. The SMILES string of the molecule is CCOC(=O)C1=C(C)N=c2s/c(=C/c3c(C)nn(C)c3C)c(=O)n2[C@H]1c1ccc(OC(F)F)cc1. The molecule has 1 aliphatic rings. The fourth-order valence-corrected chi connectivity index (χ4v) is 5.10. The summed E-state index contributed by atoms with van der Waals surface area (Å²) in [4.78, 5) is 31.5. The van der Waals surface area contributed by atoms with Crippen LogP contribution in [0, 0.1) is 13.8 Å². The molecule has 184 valence electrons. The van der Waals surface area contributed by atoms with E-state index in [9.17, 15) is 18.4 Å². The Morgan fingerprint density at radius 1 is 1.23 bits per heavy atom. The zero-order valence-corrected chi connectivity index (χ0v) is 20.7. The van der Waals surface area contributed by atoms with Crippen LogP contribution >= 0.6 is 11.3 Å². The molecular weight excluding hydrogens is 478 g/mol. The highest BCUT2D eigenvalue weighted by Crippen LogP contribution is 2.31. The Bertz CT molecular complexity index is 1500. The highest BCUT2D eigenvalue weighted by molar-refractivity contribution is 7.07. The first-order chi connectivity index (χ1) is 16.6. The van der Waals surface area contributed by atoms with Gasteiger partial charge in [-0.05, 0) is 51.5 Å². The van der Waals surface area contributed by atoms with E-state index in [1.54, 1.807) is 36.7 Å². The van der Waals surface area contributed by atoms with Gasteiger partial charge in [0, 0.05) is 18.3 Å². The number of rotatable bonds is 6. The molecule has 0 aliphatic carbocycles. The summed E-state index contributed by atoms with van der Waals surface area (Å²) in [6.07, 6.45) is 1.78. The molecule has 0 bridgehead atoms. The van der Waals surface area contributed by atoms with E-state index in [1.165, 1.54) is 28.0 Å². The van der Waals surface area contributed by atoms with Gasteiger partial charge in [-0.3, -0.25) is 14.0 Å². The van der Waals surface area contributed by atoms with Gasteiger partial charge in [0.15, 0.2) is 4.80 Å². The summed E-state index contributed by atoms with van der Waals surface area (Å²) in [5.74, 6) is -0.628. The number of thiazole rings is 1. The molecule has 1 atom stereocenters. The van der Waals surface area contributed by atoms with Gasteiger partial charge in [-0.15, -0.1) is 0 Å². The van der Waals surface area contributed by atoms with Crippen LogP contribution in [0.3, 0.4) is 0 Å². The third kappa shape index (κ3) is 4.55. The second kappa shape index (κ2) is 9.57. The van der Waals surface area contributed by atoms with Gasteiger partial charge in [-0.1, -0.05) is 23.5 Å². The number of hydrogen-bond donors (Lipinski definition) is 0. The number of carbonyl (C=O) groups is 1. The highest BCUT2D eigenvalue weighted by atomic mass is 32.1. The Morgan fingerprint density at radius 3 is 2.49 bits per heavy atom. The van der Waals surface area contributed by atoms with Crippen molar-refractivity contribution in [3.8, 4) is 5.75 Å². The standard InChI is InChI=1S/C24H24F2N4O4S/c1-6-33-22(32)19-13(3)27-24-30(20(19)15-7-9-16(10-8-15)34-23(25)26)21(31)18(35-24)11-17-12(2)28-29(5)14(17)4/h7-11,20,23H,6H2,1-5H3/b18-11+/t20-/m0/s1. The van der Waals surface area contributed by atoms with Crippen molar-refractivity contribution in [3.05, 3.63) is 77.7 Å². The summed E-state index contributed by atoms with van der Waals surface area (Å²) < 4.78 is 38.6. The monoisotopic (exact) mass is 502 g/mol. The van der Waals surface area contributed by atoms with Crippen molar-refractivity contribution in [2.45, 2.75) is 40.3 Å². The van der Waals surface area contributed by atoms with E-state index in [0.717, 1.165) is 17.0 Å². The van der Waals surface area contributed by atoms with Gasteiger partial charge in [-0.25, -0.2) is 9.79 Å². The predicted molar refractivity (Wildman–Crippen MR) is 126 cm³/mol. The number of aromatic nitrogens is 3. The minimum Gasteiger partial charge on any atom is -0.463 e. The van der Waals surface area contributed by atoms with Crippen LogP contribution < -0.4 is 19.6 Å². The second-order valence-corrected chi connectivity index (χ2v) is 8.97. The van der Waals surface area contributed by atoms with Crippen molar-refractivity contribution < 1.29 is 23.0 Å². The molecular formula is C24H24F2N4O4S. The number of alkyl halides is 2. The molecule has 35 heavy (non-hydrogen) atoms. The molecule has 2 aromatic heterocycles. The lowest BCUT2D eigenvalue weighted by Crippen LogP contribution is -2.39. The fourth-order valence-electron chi connectivity index (χ4n) is 4.07. The summed E-state index contributed by atoms with van der Waals surface area (Å²) in [6.45, 7) is 4.33. The molecule has 3 heterocycles. The van der Waals surface area contributed by atoms with Crippen molar-refractivity contribution in [2.24, 2.45) is 12.0 Å². The molecule has 8 nitrogen and oxygen atoms in total. The minimum atomic E-state index is -2.96. The van der Waals surface area contributed by atoms with Crippen LogP contribution in [0.4, 0.5) is 8.78 Å². The van der Waals surface area contributed by atoms with Gasteiger partial charge in [-0.2, -0.15) is 13.9 Å². The largest absolute Gasteiger partial charge is 0.463 e. The molecule has 3 aromatic rings. The van der Waals surface area contributed by atoms with Crippen molar-refractivity contribution in [1.29, 1.82) is 0 Å². The van der Waals surface area contributed by atoms with Gasteiger partial charge in [0.1, 0.15) is 5.75 Å². The molecule has 1 aliphatic heterocycles. The number of halogens is 2. The zero-order chi connectivity index (χ0) is 25.4. The normalized spacial score (nSPS) is 15.9. The molecule has 1 aromatic carbocycles. The average Bonchev–Trinajstić information content (AvgIpc) is 3.23. The van der Waals surface area contributed by atoms with E-state index < -0.39 is 18.6 Å². The zero-order valence-electron chi connectivity index (χ0n) is 19.8. The first-order valence-corrected chi connectivity index (χ1v) is 11.7. The number of esters is 1. The van der Waals surface area contributed by atoms with Crippen LogP contribution in [0.5, 0.6) is 5.75 Å². The minimum absolute atomic E-state index is 0.0305. The summed E-state index contributed by atoms with van der Waals surface area (Å²) >= 11 is 1.21. The third-order valence-electron chi connectivity index (χ3n) is 5.78. The number of allylic oxidation sites excluding steroid dienone is 1. The van der Waals surface area contributed by atoms with Crippen LogP contribution in [-0.4, -0.2) is 33.5 Å². The number of ether oxygens (including phenoxy) is 2. The number of nitrogens with zero attached hydrogens (tertiary/aromatic N) is 4. The molecule has 0 fully saturated rings. The predicted octanol–water partition coefficient (Wildman–Crippen LogP) is 2.75. The molecule has 0 amide bonds. The van der Waals surface area contributed by atoms with E-state index in [4.69, 9.17) is 4.74 Å².